The standard InChI is InChI=1S/C24H21N5OS/c1-17-8-7-11-19(14-17)25-22(30)16-31-24-27-26-23-28(15-18-9-3-2-4-10-18)20-12-5-6-13-21(20)29(23)24/h2-14H,15-16H2,1H3,(H,25,30). The molecule has 0 fully saturated rings. The predicted molar refractivity (Wildman–Crippen MR) is 125 cm³/mol. The molecule has 0 saturated carbocycles. The summed E-state index contributed by atoms with van der Waals surface area (Å²) < 4.78 is 4.19. The molecule has 5 aromatic rings. The van der Waals surface area contributed by atoms with Crippen LogP contribution < -0.4 is 5.32 Å². The summed E-state index contributed by atoms with van der Waals surface area (Å²) >= 11 is 1.39. The Bertz CT molecular complexity index is 1370. The summed E-state index contributed by atoms with van der Waals surface area (Å²) in [7, 11) is 0. The van der Waals surface area contributed by atoms with E-state index < -0.39 is 0 Å². The molecule has 0 saturated heterocycles. The van der Waals surface area contributed by atoms with Crippen molar-refractivity contribution in [2.75, 3.05) is 11.1 Å². The largest absolute Gasteiger partial charge is 0.325 e. The summed E-state index contributed by atoms with van der Waals surface area (Å²) in [5.74, 6) is 0.958. The summed E-state index contributed by atoms with van der Waals surface area (Å²) in [6.07, 6.45) is 0. The zero-order valence-corrected chi connectivity index (χ0v) is 17.8. The monoisotopic (exact) mass is 427 g/mol. The number of hydrogen-bond acceptors (Lipinski definition) is 4. The third kappa shape index (κ3) is 3.92. The molecular formula is C24H21N5OS. The highest BCUT2D eigenvalue weighted by Crippen LogP contribution is 2.26. The van der Waals surface area contributed by atoms with E-state index in [2.05, 4.69) is 44.3 Å². The fourth-order valence-corrected chi connectivity index (χ4v) is 4.44. The summed E-state index contributed by atoms with van der Waals surface area (Å²) in [6.45, 7) is 2.71. The topological polar surface area (TPSA) is 64.2 Å². The molecule has 0 bridgehead atoms. The second-order valence-corrected chi connectivity index (χ2v) is 8.33. The number of hydrogen-bond donors (Lipinski definition) is 1. The van der Waals surface area contributed by atoms with E-state index in [9.17, 15) is 4.79 Å². The number of benzene rings is 3. The van der Waals surface area contributed by atoms with Crippen LogP contribution in [-0.2, 0) is 11.3 Å². The molecular weight excluding hydrogens is 406 g/mol. The molecule has 0 aliphatic heterocycles. The molecule has 0 spiro atoms. The van der Waals surface area contributed by atoms with E-state index in [1.165, 1.54) is 17.3 Å². The van der Waals surface area contributed by atoms with Crippen LogP contribution in [0.4, 0.5) is 5.69 Å². The van der Waals surface area contributed by atoms with Gasteiger partial charge in [0.25, 0.3) is 0 Å². The maximum Gasteiger partial charge on any atom is 0.237 e. The minimum Gasteiger partial charge on any atom is -0.325 e. The molecule has 6 nitrogen and oxygen atoms in total. The van der Waals surface area contributed by atoms with Gasteiger partial charge in [-0.2, -0.15) is 0 Å². The van der Waals surface area contributed by atoms with Gasteiger partial charge in [-0.25, -0.2) is 0 Å². The lowest BCUT2D eigenvalue weighted by molar-refractivity contribution is -0.113. The molecule has 0 radical (unpaired) electrons. The summed E-state index contributed by atoms with van der Waals surface area (Å²) in [5, 5.41) is 12.5. The maximum atomic E-state index is 12.5. The number of aryl methyl sites for hydroxylation is 1. The van der Waals surface area contributed by atoms with Gasteiger partial charge in [-0.05, 0) is 42.3 Å². The van der Waals surface area contributed by atoms with E-state index in [4.69, 9.17) is 0 Å². The Morgan fingerprint density at radius 3 is 2.52 bits per heavy atom. The zero-order valence-electron chi connectivity index (χ0n) is 17.0. The average Bonchev–Trinajstić information content (AvgIpc) is 3.33. The predicted octanol–water partition coefficient (Wildman–Crippen LogP) is 4.77. The maximum absolute atomic E-state index is 12.5. The number of carbonyl (C=O) groups excluding carboxylic acids is 1. The van der Waals surface area contributed by atoms with Gasteiger partial charge >= 0.3 is 0 Å². The number of para-hydroxylation sites is 2. The van der Waals surface area contributed by atoms with Crippen LogP contribution in [0.25, 0.3) is 16.8 Å². The molecule has 0 unspecified atom stereocenters. The Morgan fingerprint density at radius 2 is 1.71 bits per heavy atom. The number of anilines is 1. The summed E-state index contributed by atoms with van der Waals surface area (Å²) in [5.41, 5.74) is 5.22. The Balaban J connectivity index is 1.42. The minimum atomic E-state index is -0.0691. The van der Waals surface area contributed by atoms with Crippen molar-refractivity contribution in [3.8, 4) is 0 Å². The van der Waals surface area contributed by atoms with Crippen LogP contribution >= 0.6 is 11.8 Å². The van der Waals surface area contributed by atoms with Crippen LogP contribution in [0, 0.1) is 6.92 Å². The normalized spacial score (nSPS) is 11.3. The Hall–Kier alpha value is -3.58. The first-order valence-corrected chi connectivity index (χ1v) is 11.0. The molecule has 2 heterocycles. The number of thioether (sulfide) groups is 1. The van der Waals surface area contributed by atoms with Gasteiger partial charge in [0, 0.05) is 5.69 Å². The van der Waals surface area contributed by atoms with Gasteiger partial charge in [0.2, 0.25) is 11.7 Å². The van der Waals surface area contributed by atoms with Crippen LogP contribution in [0.2, 0.25) is 0 Å². The molecule has 5 rings (SSSR count). The molecule has 7 heteroatoms. The van der Waals surface area contributed by atoms with Gasteiger partial charge in [-0.3, -0.25) is 9.20 Å². The van der Waals surface area contributed by atoms with Crippen molar-refractivity contribution in [1.29, 1.82) is 0 Å². The third-order valence-corrected chi connectivity index (χ3v) is 6.02. The van der Waals surface area contributed by atoms with Crippen LogP contribution in [0.3, 0.4) is 0 Å². The lowest BCUT2D eigenvalue weighted by Crippen LogP contribution is -2.14. The third-order valence-electron chi connectivity index (χ3n) is 5.09. The quantitative estimate of drug-likeness (QED) is 0.397. The first-order valence-electron chi connectivity index (χ1n) is 10.0. The molecule has 0 aliphatic rings. The van der Waals surface area contributed by atoms with E-state index in [1.54, 1.807) is 0 Å². The van der Waals surface area contributed by atoms with E-state index >= 15 is 0 Å². The fraction of sp³-hybridized carbons (Fsp3) is 0.125. The van der Waals surface area contributed by atoms with Crippen molar-refractivity contribution in [2.24, 2.45) is 0 Å². The summed E-state index contributed by atoms with van der Waals surface area (Å²) in [6, 6.07) is 26.3. The van der Waals surface area contributed by atoms with Crippen molar-refractivity contribution in [3.05, 3.63) is 90.0 Å². The van der Waals surface area contributed by atoms with E-state index in [1.807, 2.05) is 65.9 Å². The van der Waals surface area contributed by atoms with Gasteiger partial charge in [0.05, 0.1) is 23.3 Å². The molecule has 0 aliphatic carbocycles. The van der Waals surface area contributed by atoms with Crippen LogP contribution in [0.5, 0.6) is 0 Å². The SMILES string of the molecule is Cc1cccc(NC(=O)CSc2nnc3n(Cc4ccccc4)c4ccccc4n23)c1. The van der Waals surface area contributed by atoms with Crippen LogP contribution in [0.15, 0.2) is 84.0 Å². The number of nitrogens with zero attached hydrogens (tertiary/aromatic N) is 4. The highest BCUT2D eigenvalue weighted by atomic mass is 32.2. The Kier molecular flexibility index (Phi) is 5.18. The van der Waals surface area contributed by atoms with Gasteiger partial charge < -0.3 is 9.88 Å². The van der Waals surface area contributed by atoms with Crippen molar-refractivity contribution >= 4 is 40.2 Å². The molecule has 1 N–H and O–H groups in total. The number of fused-ring (bicyclic) bond motifs is 3. The average molecular weight is 428 g/mol. The van der Waals surface area contributed by atoms with Crippen LogP contribution in [-0.4, -0.2) is 30.8 Å². The Labute approximate surface area is 183 Å². The summed E-state index contributed by atoms with van der Waals surface area (Å²) in [4.78, 5) is 12.5. The number of aromatic nitrogens is 4. The van der Waals surface area contributed by atoms with Crippen molar-refractivity contribution in [3.63, 3.8) is 0 Å². The van der Waals surface area contributed by atoms with Gasteiger partial charge in [0.1, 0.15) is 0 Å². The number of rotatable bonds is 6. The smallest absolute Gasteiger partial charge is 0.237 e. The molecule has 31 heavy (non-hydrogen) atoms. The number of imidazole rings is 1. The van der Waals surface area contributed by atoms with E-state index in [0.717, 1.165) is 28.1 Å². The highest BCUT2D eigenvalue weighted by Gasteiger charge is 2.18. The number of nitrogens with one attached hydrogen (secondary N) is 1. The Morgan fingerprint density at radius 1 is 0.935 bits per heavy atom. The molecule has 3 aromatic carbocycles. The van der Waals surface area contributed by atoms with E-state index in [0.29, 0.717) is 11.7 Å². The first kappa shape index (κ1) is 19.4. The van der Waals surface area contributed by atoms with E-state index in [-0.39, 0.29) is 11.7 Å². The number of carbonyl (C=O) groups is 1. The molecule has 154 valence electrons. The second kappa shape index (κ2) is 8.28. The molecule has 2 aromatic heterocycles. The molecule has 1 amide bonds. The van der Waals surface area contributed by atoms with Gasteiger partial charge in [-0.15, -0.1) is 10.2 Å². The van der Waals surface area contributed by atoms with Crippen molar-refractivity contribution < 1.29 is 4.79 Å². The minimum absolute atomic E-state index is 0.0691. The van der Waals surface area contributed by atoms with Crippen LogP contribution in [0.1, 0.15) is 11.1 Å². The first-order chi connectivity index (χ1) is 15.2. The lowest BCUT2D eigenvalue weighted by atomic mass is 10.2. The second-order valence-electron chi connectivity index (χ2n) is 7.38. The number of amides is 1. The highest BCUT2D eigenvalue weighted by molar-refractivity contribution is 7.99. The molecule has 0 atom stereocenters. The lowest BCUT2D eigenvalue weighted by Gasteiger charge is -2.05. The van der Waals surface area contributed by atoms with Crippen molar-refractivity contribution in [1.82, 2.24) is 19.2 Å². The van der Waals surface area contributed by atoms with Gasteiger partial charge in [-0.1, -0.05) is 66.4 Å². The fourth-order valence-electron chi connectivity index (χ4n) is 3.70. The van der Waals surface area contributed by atoms with Gasteiger partial charge in [0.15, 0.2) is 5.16 Å². The zero-order chi connectivity index (χ0) is 21.2. The van der Waals surface area contributed by atoms with Crippen molar-refractivity contribution in [2.45, 2.75) is 18.6 Å².